The van der Waals surface area contributed by atoms with Gasteiger partial charge in [-0.25, -0.2) is 4.98 Å². The molecule has 0 bridgehead atoms. The first-order valence-corrected chi connectivity index (χ1v) is 9.07. The fourth-order valence-electron chi connectivity index (χ4n) is 2.22. The third-order valence-corrected chi connectivity index (χ3v) is 4.47. The first kappa shape index (κ1) is 19.6. The van der Waals surface area contributed by atoms with Gasteiger partial charge in [0.2, 0.25) is 5.91 Å². The standard InChI is InChI=1S/C18H21N3O4S/c1-11(18(24)25)19-17(23)13-6-8-14(9-7-13)21-16(22)5-3-4-15-10-26-12(2)20-15/h6-11H,3-5H2,1-2H3,(H,19,23)(H,21,22)(H,24,25). The number of aliphatic carboxylic acids is 1. The summed E-state index contributed by atoms with van der Waals surface area (Å²) in [6, 6.07) is 5.34. The van der Waals surface area contributed by atoms with E-state index >= 15 is 0 Å². The number of carbonyl (C=O) groups excluding carboxylic acids is 2. The Morgan fingerprint density at radius 2 is 1.92 bits per heavy atom. The van der Waals surface area contributed by atoms with E-state index in [4.69, 9.17) is 5.11 Å². The minimum atomic E-state index is -1.10. The number of carboxylic acid groups (broad SMARTS) is 1. The minimum Gasteiger partial charge on any atom is -0.480 e. The molecule has 0 saturated heterocycles. The number of aryl methyl sites for hydroxylation is 2. The Bertz CT molecular complexity index is 786. The molecular weight excluding hydrogens is 354 g/mol. The van der Waals surface area contributed by atoms with Gasteiger partial charge in [-0.3, -0.25) is 14.4 Å². The highest BCUT2D eigenvalue weighted by Gasteiger charge is 2.15. The fourth-order valence-corrected chi connectivity index (χ4v) is 2.87. The number of aromatic nitrogens is 1. The van der Waals surface area contributed by atoms with E-state index in [1.165, 1.54) is 19.1 Å². The summed E-state index contributed by atoms with van der Waals surface area (Å²) in [6.45, 7) is 3.34. The van der Waals surface area contributed by atoms with E-state index in [2.05, 4.69) is 15.6 Å². The van der Waals surface area contributed by atoms with Gasteiger partial charge in [-0.15, -0.1) is 11.3 Å². The van der Waals surface area contributed by atoms with Crippen molar-refractivity contribution in [2.24, 2.45) is 0 Å². The van der Waals surface area contributed by atoms with Gasteiger partial charge in [-0.2, -0.15) is 0 Å². The number of anilines is 1. The van der Waals surface area contributed by atoms with E-state index in [1.54, 1.807) is 23.5 Å². The van der Waals surface area contributed by atoms with Crippen LogP contribution in [0.3, 0.4) is 0 Å². The topological polar surface area (TPSA) is 108 Å². The Balaban J connectivity index is 1.79. The van der Waals surface area contributed by atoms with Crippen LogP contribution in [0, 0.1) is 6.92 Å². The van der Waals surface area contributed by atoms with E-state index in [-0.39, 0.29) is 5.91 Å². The van der Waals surface area contributed by atoms with Crippen LogP contribution in [0.25, 0.3) is 0 Å². The number of amides is 2. The Morgan fingerprint density at radius 3 is 2.50 bits per heavy atom. The highest BCUT2D eigenvalue weighted by molar-refractivity contribution is 7.09. The van der Waals surface area contributed by atoms with E-state index in [0.29, 0.717) is 24.1 Å². The maximum absolute atomic E-state index is 12.0. The summed E-state index contributed by atoms with van der Waals surface area (Å²) in [6.07, 6.45) is 1.86. The zero-order valence-electron chi connectivity index (χ0n) is 14.6. The predicted octanol–water partition coefficient (Wildman–Crippen LogP) is 2.62. The van der Waals surface area contributed by atoms with Crippen molar-refractivity contribution in [1.82, 2.24) is 10.3 Å². The van der Waals surface area contributed by atoms with Gasteiger partial charge in [0.15, 0.2) is 0 Å². The van der Waals surface area contributed by atoms with Gasteiger partial charge >= 0.3 is 5.97 Å². The van der Waals surface area contributed by atoms with E-state index < -0.39 is 17.9 Å². The van der Waals surface area contributed by atoms with Crippen LogP contribution in [0.5, 0.6) is 0 Å². The molecule has 0 aliphatic heterocycles. The first-order chi connectivity index (χ1) is 12.3. The summed E-state index contributed by atoms with van der Waals surface area (Å²) in [7, 11) is 0. The van der Waals surface area contributed by atoms with Crippen molar-refractivity contribution in [2.75, 3.05) is 5.32 Å². The first-order valence-electron chi connectivity index (χ1n) is 8.19. The number of thiazole rings is 1. The Hall–Kier alpha value is -2.74. The summed E-state index contributed by atoms with van der Waals surface area (Å²) < 4.78 is 0. The normalized spacial score (nSPS) is 11.6. The van der Waals surface area contributed by atoms with Gasteiger partial charge in [0.05, 0.1) is 10.7 Å². The molecule has 2 amide bonds. The zero-order valence-corrected chi connectivity index (χ0v) is 15.4. The number of nitrogens with one attached hydrogen (secondary N) is 2. The Morgan fingerprint density at radius 1 is 1.23 bits per heavy atom. The Kier molecular flexibility index (Phi) is 6.85. The lowest BCUT2D eigenvalue weighted by Crippen LogP contribution is -2.38. The molecule has 3 N–H and O–H groups in total. The second-order valence-electron chi connectivity index (χ2n) is 5.87. The van der Waals surface area contributed by atoms with Gasteiger partial charge < -0.3 is 15.7 Å². The second kappa shape index (κ2) is 9.10. The molecule has 1 unspecified atom stereocenters. The highest BCUT2D eigenvalue weighted by atomic mass is 32.1. The SMILES string of the molecule is Cc1nc(CCCC(=O)Nc2ccc(C(=O)NC(C)C(=O)O)cc2)cs1. The van der Waals surface area contributed by atoms with E-state index in [0.717, 1.165) is 17.1 Å². The lowest BCUT2D eigenvalue weighted by atomic mass is 10.1. The van der Waals surface area contributed by atoms with Crippen LogP contribution in [0.1, 0.15) is 40.8 Å². The van der Waals surface area contributed by atoms with Crippen LogP contribution in [0.4, 0.5) is 5.69 Å². The molecule has 0 aliphatic carbocycles. The molecular formula is C18H21N3O4S. The largest absolute Gasteiger partial charge is 0.480 e. The maximum atomic E-state index is 12.0. The van der Waals surface area contributed by atoms with Gasteiger partial charge in [0.1, 0.15) is 6.04 Å². The quantitative estimate of drug-likeness (QED) is 0.657. The number of carboxylic acids is 1. The smallest absolute Gasteiger partial charge is 0.325 e. The van der Waals surface area contributed by atoms with Crippen molar-refractivity contribution in [1.29, 1.82) is 0 Å². The molecule has 8 heteroatoms. The van der Waals surface area contributed by atoms with Crippen LogP contribution in [-0.2, 0) is 16.0 Å². The minimum absolute atomic E-state index is 0.103. The van der Waals surface area contributed by atoms with Crippen molar-refractivity contribution < 1.29 is 19.5 Å². The molecule has 138 valence electrons. The van der Waals surface area contributed by atoms with Crippen molar-refractivity contribution in [2.45, 2.75) is 39.2 Å². The van der Waals surface area contributed by atoms with E-state index in [1.807, 2.05) is 12.3 Å². The van der Waals surface area contributed by atoms with Gasteiger partial charge in [0.25, 0.3) is 5.91 Å². The van der Waals surface area contributed by atoms with Gasteiger partial charge in [-0.05, 0) is 51.0 Å². The van der Waals surface area contributed by atoms with Crippen LogP contribution < -0.4 is 10.6 Å². The predicted molar refractivity (Wildman–Crippen MR) is 99.4 cm³/mol. The zero-order chi connectivity index (χ0) is 19.1. The number of nitrogens with zero attached hydrogens (tertiary/aromatic N) is 1. The van der Waals surface area contributed by atoms with Gasteiger partial charge in [0, 0.05) is 23.1 Å². The molecule has 1 heterocycles. The lowest BCUT2D eigenvalue weighted by molar-refractivity contribution is -0.138. The molecule has 0 aliphatic rings. The number of carbonyl (C=O) groups is 3. The number of hydrogen-bond acceptors (Lipinski definition) is 5. The molecule has 7 nitrogen and oxygen atoms in total. The molecule has 1 aromatic heterocycles. The molecule has 1 atom stereocenters. The molecule has 0 fully saturated rings. The molecule has 0 saturated carbocycles. The van der Waals surface area contributed by atoms with Crippen molar-refractivity contribution in [3.05, 3.63) is 45.9 Å². The summed E-state index contributed by atoms with van der Waals surface area (Å²) in [5, 5.41) is 17.0. The number of benzene rings is 1. The van der Waals surface area contributed by atoms with Crippen LogP contribution in [-0.4, -0.2) is 33.9 Å². The number of rotatable bonds is 8. The summed E-state index contributed by atoms with van der Waals surface area (Å²) >= 11 is 1.60. The Labute approximate surface area is 155 Å². The maximum Gasteiger partial charge on any atom is 0.325 e. The summed E-state index contributed by atoms with van der Waals surface area (Å²) in [5.41, 5.74) is 1.92. The fraction of sp³-hybridized carbons (Fsp3) is 0.333. The second-order valence-corrected chi connectivity index (χ2v) is 6.93. The monoisotopic (exact) mass is 375 g/mol. The van der Waals surface area contributed by atoms with Gasteiger partial charge in [-0.1, -0.05) is 0 Å². The van der Waals surface area contributed by atoms with Crippen molar-refractivity contribution in [3.63, 3.8) is 0 Å². The van der Waals surface area contributed by atoms with Crippen LogP contribution in [0.15, 0.2) is 29.6 Å². The third-order valence-electron chi connectivity index (χ3n) is 3.65. The molecule has 2 rings (SSSR count). The average molecular weight is 375 g/mol. The van der Waals surface area contributed by atoms with Crippen molar-refractivity contribution in [3.8, 4) is 0 Å². The third kappa shape index (κ3) is 5.96. The summed E-state index contributed by atoms with van der Waals surface area (Å²) in [5.74, 6) is -1.68. The molecule has 2 aromatic rings. The van der Waals surface area contributed by atoms with Crippen LogP contribution >= 0.6 is 11.3 Å². The highest BCUT2D eigenvalue weighted by Crippen LogP contribution is 2.13. The average Bonchev–Trinajstić information content (AvgIpc) is 3.00. The molecule has 1 aromatic carbocycles. The molecule has 0 spiro atoms. The van der Waals surface area contributed by atoms with Crippen LogP contribution in [0.2, 0.25) is 0 Å². The lowest BCUT2D eigenvalue weighted by Gasteiger charge is -2.10. The van der Waals surface area contributed by atoms with E-state index in [9.17, 15) is 14.4 Å². The number of hydrogen-bond donors (Lipinski definition) is 3. The summed E-state index contributed by atoms with van der Waals surface area (Å²) in [4.78, 5) is 39.0. The van der Waals surface area contributed by atoms with Crippen molar-refractivity contribution >= 4 is 34.8 Å². The molecule has 0 radical (unpaired) electrons. The molecule has 26 heavy (non-hydrogen) atoms.